The summed E-state index contributed by atoms with van der Waals surface area (Å²) in [5, 5.41) is 0. The summed E-state index contributed by atoms with van der Waals surface area (Å²) >= 11 is 1.50. The molecule has 0 aromatic heterocycles. The third-order valence-electron chi connectivity index (χ3n) is 5.41. The zero-order chi connectivity index (χ0) is 18.7. The highest BCUT2D eigenvalue weighted by atomic mass is 32.2. The molecule has 2 aliphatic heterocycles. The highest BCUT2D eigenvalue weighted by Crippen LogP contribution is 2.40. The number of carbonyl (C=O) groups is 2. The molecule has 1 spiro atoms. The summed E-state index contributed by atoms with van der Waals surface area (Å²) in [5.41, 5.74) is -0.0372. The number of hydrogen-bond donors (Lipinski definition) is 0. The van der Waals surface area contributed by atoms with Gasteiger partial charge in [0.1, 0.15) is 11.6 Å². The Morgan fingerprint density at radius 1 is 1.35 bits per heavy atom. The Hall–Kier alpha value is -1.76. The first-order chi connectivity index (χ1) is 12.5. The summed E-state index contributed by atoms with van der Waals surface area (Å²) in [6.07, 6.45) is 4.27. The maximum absolute atomic E-state index is 14.2. The second-order valence-electron chi connectivity index (χ2n) is 7.07. The Balaban J connectivity index is 1.73. The van der Waals surface area contributed by atoms with Crippen molar-refractivity contribution >= 4 is 23.6 Å². The second kappa shape index (κ2) is 7.86. The van der Waals surface area contributed by atoms with Gasteiger partial charge in [0.2, 0.25) is 11.8 Å². The van der Waals surface area contributed by atoms with Crippen LogP contribution in [0.25, 0.3) is 0 Å². The van der Waals surface area contributed by atoms with Gasteiger partial charge in [0.25, 0.3) is 0 Å². The topological polar surface area (TPSA) is 49.9 Å². The molecule has 2 saturated heterocycles. The van der Waals surface area contributed by atoms with E-state index in [9.17, 15) is 14.0 Å². The Labute approximate surface area is 157 Å². The number of ether oxygens (including phenoxy) is 1. The highest BCUT2D eigenvalue weighted by Gasteiger charge is 2.49. The third-order valence-corrected chi connectivity index (χ3v) is 5.95. The van der Waals surface area contributed by atoms with Crippen LogP contribution in [0.4, 0.5) is 4.39 Å². The molecule has 0 saturated carbocycles. The molecule has 2 amide bonds. The van der Waals surface area contributed by atoms with Gasteiger partial charge in [-0.15, -0.1) is 0 Å². The van der Waals surface area contributed by atoms with E-state index in [1.165, 1.54) is 24.9 Å². The van der Waals surface area contributed by atoms with Crippen LogP contribution >= 0.6 is 11.8 Å². The minimum atomic E-state index is -0.498. The SMILES string of the molecule is COc1ccc(F)c(CN2CCCC3(CCN(C(=O)CSC)C3)C2=O)c1. The number of methoxy groups -OCH3 is 1. The van der Waals surface area contributed by atoms with E-state index in [1.807, 2.05) is 11.2 Å². The monoisotopic (exact) mass is 380 g/mol. The summed E-state index contributed by atoms with van der Waals surface area (Å²) < 4.78 is 19.3. The number of nitrogens with zero attached hydrogens (tertiary/aromatic N) is 2. The number of piperidine rings is 1. The maximum Gasteiger partial charge on any atom is 0.232 e. The van der Waals surface area contributed by atoms with Crippen LogP contribution in [0.3, 0.4) is 0 Å². The van der Waals surface area contributed by atoms with E-state index < -0.39 is 5.41 Å². The smallest absolute Gasteiger partial charge is 0.232 e. The van der Waals surface area contributed by atoms with Gasteiger partial charge in [-0.05, 0) is 43.7 Å². The lowest BCUT2D eigenvalue weighted by atomic mass is 9.78. The number of rotatable bonds is 5. The fourth-order valence-corrected chi connectivity index (χ4v) is 4.42. The quantitative estimate of drug-likeness (QED) is 0.788. The maximum atomic E-state index is 14.2. The molecule has 0 aliphatic carbocycles. The first-order valence-corrected chi connectivity index (χ1v) is 10.3. The zero-order valence-corrected chi connectivity index (χ0v) is 16.1. The Bertz CT molecular complexity index is 699. The van der Waals surface area contributed by atoms with Gasteiger partial charge in [0.05, 0.1) is 18.3 Å². The van der Waals surface area contributed by atoms with Crippen molar-refractivity contribution in [2.24, 2.45) is 5.41 Å². The molecule has 2 heterocycles. The largest absolute Gasteiger partial charge is 0.497 e. The molecule has 2 aliphatic rings. The van der Waals surface area contributed by atoms with Crippen LogP contribution in [0.2, 0.25) is 0 Å². The van der Waals surface area contributed by atoms with Crippen molar-refractivity contribution < 1.29 is 18.7 Å². The zero-order valence-electron chi connectivity index (χ0n) is 15.3. The first-order valence-electron chi connectivity index (χ1n) is 8.87. The van der Waals surface area contributed by atoms with Gasteiger partial charge < -0.3 is 14.5 Å². The van der Waals surface area contributed by atoms with Crippen molar-refractivity contribution in [1.82, 2.24) is 9.80 Å². The van der Waals surface area contributed by atoms with Crippen LogP contribution in [0.5, 0.6) is 5.75 Å². The molecule has 26 heavy (non-hydrogen) atoms. The van der Waals surface area contributed by atoms with Gasteiger partial charge in [0.15, 0.2) is 0 Å². The molecule has 2 fully saturated rings. The number of amides is 2. The Morgan fingerprint density at radius 3 is 2.88 bits per heavy atom. The van der Waals surface area contributed by atoms with Gasteiger partial charge in [0, 0.05) is 31.7 Å². The molecule has 7 heteroatoms. The number of likely N-dealkylation sites (tertiary alicyclic amines) is 2. The number of benzene rings is 1. The summed E-state index contributed by atoms with van der Waals surface area (Å²) in [5.74, 6) is 0.837. The third kappa shape index (κ3) is 3.68. The van der Waals surface area contributed by atoms with Crippen LogP contribution in [0.1, 0.15) is 24.8 Å². The standard InChI is InChI=1S/C19H25FN2O3S/c1-25-15-4-5-16(20)14(10-15)11-21-8-3-6-19(18(21)24)7-9-22(13-19)17(23)12-26-2/h4-5,10H,3,6-9,11-13H2,1-2H3. The summed E-state index contributed by atoms with van der Waals surface area (Å²) in [4.78, 5) is 28.9. The van der Waals surface area contributed by atoms with E-state index in [0.717, 1.165) is 12.8 Å². The van der Waals surface area contributed by atoms with Crippen molar-refractivity contribution in [2.45, 2.75) is 25.8 Å². The summed E-state index contributed by atoms with van der Waals surface area (Å²) in [7, 11) is 1.54. The lowest BCUT2D eigenvalue weighted by molar-refractivity contribution is -0.146. The molecule has 1 aromatic carbocycles. The number of halogens is 1. The minimum absolute atomic E-state index is 0.0467. The lowest BCUT2D eigenvalue weighted by Crippen LogP contribution is -2.50. The van der Waals surface area contributed by atoms with Crippen LogP contribution in [-0.2, 0) is 16.1 Å². The van der Waals surface area contributed by atoms with Crippen molar-refractivity contribution in [3.05, 3.63) is 29.6 Å². The van der Waals surface area contributed by atoms with Crippen molar-refractivity contribution in [1.29, 1.82) is 0 Å². The Kier molecular flexibility index (Phi) is 5.75. The summed E-state index contributed by atoms with van der Waals surface area (Å²) in [6.45, 7) is 1.98. The van der Waals surface area contributed by atoms with Gasteiger partial charge in [-0.1, -0.05) is 0 Å². The number of thioether (sulfide) groups is 1. The van der Waals surface area contributed by atoms with Crippen molar-refractivity contribution in [3.8, 4) is 5.75 Å². The predicted octanol–water partition coefficient (Wildman–Crippen LogP) is 2.54. The molecular weight excluding hydrogens is 355 g/mol. The van der Waals surface area contributed by atoms with E-state index in [-0.39, 0.29) is 24.2 Å². The fourth-order valence-electron chi connectivity index (χ4n) is 3.99. The fraction of sp³-hybridized carbons (Fsp3) is 0.579. The molecular formula is C19H25FN2O3S. The average molecular weight is 380 g/mol. The van der Waals surface area contributed by atoms with Gasteiger partial charge in [-0.2, -0.15) is 11.8 Å². The molecule has 0 radical (unpaired) electrons. The summed E-state index contributed by atoms with van der Waals surface area (Å²) in [6, 6.07) is 4.59. The Morgan fingerprint density at radius 2 is 2.15 bits per heavy atom. The van der Waals surface area contributed by atoms with E-state index in [2.05, 4.69) is 0 Å². The number of carbonyl (C=O) groups excluding carboxylic acids is 2. The van der Waals surface area contributed by atoms with Crippen LogP contribution in [0, 0.1) is 11.2 Å². The van der Waals surface area contributed by atoms with E-state index in [0.29, 0.717) is 43.1 Å². The molecule has 1 atom stereocenters. The molecule has 1 aromatic rings. The van der Waals surface area contributed by atoms with Crippen LogP contribution < -0.4 is 4.74 Å². The molecule has 3 rings (SSSR count). The number of hydrogen-bond acceptors (Lipinski definition) is 4. The van der Waals surface area contributed by atoms with E-state index in [1.54, 1.807) is 17.0 Å². The first kappa shape index (κ1) is 19.0. The van der Waals surface area contributed by atoms with Gasteiger partial charge in [-0.25, -0.2) is 4.39 Å². The lowest BCUT2D eigenvalue weighted by Gasteiger charge is -2.39. The van der Waals surface area contributed by atoms with Gasteiger partial charge in [-0.3, -0.25) is 9.59 Å². The highest BCUT2D eigenvalue weighted by molar-refractivity contribution is 7.99. The molecule has 5 nitrogen and oxygen atoms in total. The second-order valence-corrected chi connectivity index (χ2v) is 7.93. The van der Waals surface area contributed by atoms with E-state index in [4.69, 9.17) is 4.74 Å². The van der Waals surface area contributed by atoms with Crippen molar-refractivity contribution in [3.63, 3.8) is 0 Å². The van der Waals surface area contributed by atoms with Crippen LogP contribution in [-0.4, -0.2) is 60.4 Å². The minimum Gasteiger partial charge on any atom is -0.497 e. The average Bonchev–Trinajstić information content (AvgIpc) is 3.06. The molecule has 142 valence electrons. The van der Waals surface area contributed by atoms with Crippen LogP contribution in [0.15, 0.2) is 18.2 Å². The molecule has 0 bridgehead atoms. The normalized spacial score (nSPS) is 23.0. The molecule has 0 N–H and O–H groups in total. The predicted molar refractivity (Wildman–Crippen MR) is 99.6 cm³/mol. The van der Waals surface area contributed by atoms with E-state index >= 15 is 0 Å². The molecule has 1 unspecified atom stereocenters. The van der Waals surface area contributed by atoms with Crippen molar-refractivity contribution in [2.75, 3.05) is 38.8 Å². The van der Waals surface area contributed by atoms with Gasteiger partial charge >= 0.3 is 0 Å².